The van der Waals surface area contributed by atoms with Crippen LogP contribution in [0.3, 0.4) is 0 Å². The van der Waals surface area contributed by atoms with Crippen LogP contribution in [0, 0.1) is 0 Å². The Labute approximate surface area is 138 Å². The molecule has 4 rings (SSSR count). The lowest BCUT2D eigenvalue weighted by atomic mass is 9.92. The Morgan fingerprint density at radius 2 is 1.83 bits per heavy atom. The Hall–Kier alpha value is -2.35. The van der Waals surface area contributed by atoms with Crippen molar-refractivity contribution >= 4 is 5.84 Å². The smallest absolute Gasteiger partial charge is 0.127 e. The number of nitrogens with zero attached hydrogens (tertiary/aromatic N) is 2. The molecule has 1 unspecified atom stereocenters. The molecular formula is C21H22N2. The average molecular weight is 302 g/mol. The molecule has 0 fully saturated rings. The number of aliphatic imine (C=N–C) groups is 1. The third-order valence-electron chi connectivity index (χ3n) is 4.88. The zero-order valence-corrected chi connectivity index (χ0v) is 13.6. The van der Waals surface area contributed by atoms with Crippen LogP contribution in [0.2, 0.25) is 0 Å². The van der Waals surface area contributed by atoms with E-state index in [-0.39, 0.29) is 0 Å². The van der Waals surface area contributed by atoms with Gasteiger partial charge < -0.3 is 4.90 Å². The average Bonchev–Trinajstić information content (AvgIpc) is 3.10. The van der Waals surface area contributed by atoms with Crippen LogP contribution in [0.4, 0.5) is 0 Å². The molecule has 0 N–H and O–H groups in total. The lowest BCUT2D eigenvalue weighted by Crippen LogP contribution is -2.40. The first-order valence-electron chi connectivity index (χ1n) is 8.47. The first kappa shape index (κ1) is 14.3. The maximum absolute atomic E-state index is 4.76. The maximum Gasteiger partial charge on any atom is 0.127 e. The standard InChI is InChI=1S/C21H22N2/c1-16-11-12-19(21-22-13-14-23(16)21)15-18-9-5-6-10-20(18)17-7-3-2-4-8-17/h2-10,12,16H,11,13-15H2,1H3. The molecule has 0 spiro atoms. The van der Waals surface area contributed by atoms with Crippen molar-refractivity contribution in [2.45, 2.75) is 25.8 Å². The number of fused-ring (bicyclic) bond motifs is 1. The summed E-state index contributed by atoms with van der Waals surface area (Å²) in [5.41, 5.74) is 5.40. The molecule has 1 atom stereocenters. The second kappa shape index (κ2) is 6.04. The molecule has 0 radical (unpaired) electrons. The van der Waals surface area contributed by atoms with Gasteiger partial charge in [-0.05, 0) is 35.6 Å². The number of hydrogen-bond acceptors (Lipinski definition) is 2. The Kier molecular flexibility index (Phi) is 3.74. The van der Waals surface area contributed by atoms with Gasteiger partial charge in [0, 0.05) is 19.0 Å². The number of benzene rings is 2. The summed E-state index contributed by atoms with van der Waals surface area (Å²) in [7, 11) is 0. The number of amidine groups is 1. The molecule has 116 valence electrons. The Bertz CT molecular complexity index is 758. The first-order chi connectivity index (χ1) is 11.3. The van der Waals surface area contributed by atoms with E-state index in [1.165, 1.54) is 28.1 Å². The minimum absolute atomic E-state index is 0.587. The van der Waals surface area contributed by atoms with Gasteiger partial charge in [0.1, 0.15) is 5.84 Å². The van der Waals surface area contributed by atoms with E-state index in [0.717, 1.165) is 25.9 Å². The van der Waals surface area contributed by atoms with Crippen LogP contribution in [-0.2, 0) is 6.42 Å². The summed E-state index contributed by atoms with van der Waals surface area (Å²) in [5.74, 6) is 1.23. The minimum Gasteiger partial charge on any atom is -0.352 e. The van der Waals surface area contributed by atoms with E-state index in [0.29, 0.717) is 6.04 Å². The second-order valence-electron chi connectivity index (χ2n) is 6.41. The van der Waals surface area contributed by atoms with Crippen molar-refractivity contribution in [1.29, 1.82) is 0 Å². The van der Waals surface area contributed by atoms with Crippen molar-refractivity contribution < 1.29 is 0 Å². The van der Waals surface area contributed by atoms with E-state index in [1.54, 1.807) is 0 Å². The maximum atomic E-state index is 4.76. The van der Waals surface area contributed by atoms with Gasteiger partial charge in [0.25, 0.3) is 0 Å². The van der Waals surface area contributed by atoms with E-state index in [2.05, 4.69) is 72.5 Å². The van der Waals surface area contributed by atoms with Gasteiger partial charge in [0.15, 0.2) is 0 Å². The van der Waals surface area contributed by atoms with Crippen molar-refractivity contribution in [2.75, 3.05) is 13.1 Å². The first-order valence-corrected chi connectivity index (χ1v) is 8.47. The molecule has 2 aromatic carbocycles. The highest BCUT2D eigenvalue weighted by molar-refractivity contribution is 6.00. The van der Waals surface area contributed by atoms with Crippen LogP contribution >= 0.6 is 0 Å². The molecule has 0 aromatic heterocycles. The molecule has 2 aromatic rings. The molecule has 0 bridgehead atoms. The number of hydrogen-bond donors (Lipinski definition) is 0. The molecular weight excluding hydrogens is 280 g/mol. The quantitative estimate of drug-likeness (QED) is 0.824. The third-order valence-corrected chi connectivity index (χ3v) is 4.88. The van der Waals surface area contributed by atoms with Crippen LogP contribution in [-0.4, -0.2) is 29.9 Å². The second-order valence-corrected chi connectivity index (χ2v) is 6.41. The Morgan fingerprint density at radius 1 is 1.04 bits per heavy atom. The molecule has 2 heterocycles. The molecule has 23 heavy (non-hydrogen) atoms. The van der Waals surface area contributed by atoms with Crippen LogP contribution in [0.25, 0.3) is 11.1 Å². The Balaban J connectivity index is 1.68. The van der Waals surface area contributed by atoms with Crippen LogP contribution in [0.15, 0.2) is 71.2 Å². The van der Waals surface area contributed by atoms with Crippen molar-refractivity contribution in [2.24, 2.45) is 4.99 Å². The van der Waals surface area contributed by atoms with Gasteiger partial charge in [-0.15, -0.1) is 0 Å². The Morgan fingerprint density at radius 3 is 2.70 bits per heavy atom. The molecule has 2 nitrogen and oxygen atoms in total. The topological polar surface area (TPSA) is 15.6 Å². The van der Waals surface area contributed by atoms with Gasteiger partial charge in [0.05, 0.1) is 6.54 Å². The monoisotopic (exact) mass is 302 g/mol. The normalized spacial score (nSPS) is 20.0. The summed E-state index contributed by atoms with van der Waals surface area (Å²) in [6.07, 6.45) is 4.49. The zero-order chi connectivity index (χ0) is 15.6. The lowest BCUT2D eigenvalue weighted by Gasteiger charge is -2.32. The van der Waals surface area contributed by atoms with Crippen LogP contribution in [0.1, 0.15) is 18.9 Å². The minimum atomic E-state index is 0.587. The van der Waals surface area contributed by atoms with Crippen molar-refractivity contribution in [1.82, 2.24) is 4.90 Å². The predicted molar refractivity (Wildman–Crippen MR) is 96.8 cm³/mol. The highest BCUT2D eigenvalue weighted by Gasteiger charge is 2.28. The zero-order valence-electron chi connectivity index (χ0n) is 13.6. The van der Waals surface area contributed by atoms with E-state index in [1.807, 2.05) is 0 Å². The fourth-order valence-electron chi connectivity index (χ4n) is 3.64. The van der Waals surface area contributed by atoms with Gasteiger partial charge in [-0.25, -0.2) is 0 Å². The highest BCUT2D eigenvalue weighted by atomic mass is 15.3. The SMILES string of the molecule is CC1CC=C(Cc2ccccc2-c2ccccc2)C2=NCCN21. The summed E-state index contributed by atoms with van der Waals surface area (Å²) in [6.45, 7) is 4.32. The summed E-state index contributed by atoms with van der Waals surface area (Å²) < 4.78 is 0. The summed E-state index contributed by atoms with van der Waals surface area (Å²) >= 11 is 0. The lowest BCUT2D eigenvalue weighted by molar-refractivity contribution is 0.351. The molecule has 0 saturated carbocycles. The molecule has 2 aliphatic rings. The van der Waals surface area contributed by atoms with Crippen molar-refractivity contribution in [3.63, 3.8) is 0 Å². The molecule has 2 heteroatoms. The summed E-state index contributed by atoms with van der Waals surface area (Å²) in [5, 5.41) is 0. The van der Waals surface area contributed by atoms with Crippen molar-refractivity contribution in [3.8, 4) is 11.1 Å². The summed E-state index contributed by atoms with van der Waals surface area (Å²) in [6, 6.07) is 20.0. The van der Waals surface area contributed by atoms with Gasteiger partial charge in [-0.2, -0.15) is 0 Å². The van der Waals surface area contributed by atoms with Gasteiger partial charge in [0.2, 0.25) is 0 Å². The van der Waals surface area contributed by atoms with E-state index >= 15 is 0 Å². The van der Waals surface area contributed by atoms with E-state index in [9.17, 15) is 0 Å². The van der Waals surface area contributed by atoms with Gasteiger partial charge in [-0.3, -0.25) is 4.99 Å². The van der Waals surface area contributed by atoms with Crippen LogP contribution in [0.5, 0.6) is 0 Å². The number of rotatable bonds is 3. The molecule has 2 aliphatic heterocycles. The fraction of sp³-hybridized carbons (Fsp3) is 0.286. The summed E-state index contributed by atoms with van der Waals surface area (Å²) in [4.78, 5) is 7.24. The van der Waals surface area contributed by atoms with Gasteiger partial charge in [-0.1, -0.05) is 60.7 Å². The van der Waals surface area contributed by atoms with Crippen molar-refractivity contribution in [3.05, 3.63) is 71.8 Å². The largest absolute Gasteiger partial charge is 0.352 e. The molecule has 0 amide bonds. The van der Waals surface area contributed by atoms with Crippen LogP contribution < -0.4 is 0 Å². The fourth-order valence-corrected chi connectivity index (χ4v) is 3.64. The highest BCUT2D eigenvalue weighted by Crippen LogP contribution is 2.29. The van der Waals surface area contributed by atoms with Gasteiger partial charge >= 0.3 is 0 Å². The third kappa shape index (κ3) is 2.70. The van der Waals surface area contributed by atoms with E-state index in [4.69, 9.17) is 4.99 Å². The van der Waals surface area contributed by atoms with E-state index < -0.39 is 0 Å². The predicted octanol–water partition coefficient (Wildman–Crippen LogP) is 4.33. The molecule has 0 aliphatic carbocycles. The molecule has 0 saturated heterocycles.